The molecule has 0 radical (unpaired) electrons. The van der Waals surface area contributed by atoms with Gasteiger partial charge in [0, 0.05) is 13.1 Å². The number of nitrogens with two attached hydrogens (primary N) is 1. The van der Waals surface area contributed by atoms with Crippen LogP contribution in [0.5, 0.6) is 5.75 Å². The van der Waals surface area contributed by atoms with Gasteiger partial charge in [0.05, 0.1) is 5.41 Å². The number of amides is 1. The quantitative estimate of drug-likeness (QED) is 0.285. The van der Waals surface area contributed by atoms with E-state index in [2.05, 4.69) is 5.32 Å². The Hall–Kier alpha value is -2.14. The molecule has 3 rings (SSSR count). The summed E-state index contributed by atoms with van der Waals surface area (Å²) in [6, 6.07) is 13.8. The van der Waals surface area contributed by atoms with Gasteiger partial charge in [-0.05, 0) is 67.8 Å². The van der Waals surface area contributed by atoms with Gasteiger partial charge in [0.2, 0.25) is 5.91 Å². The van der Waals surface area contributed by atoms with Crippen LogP contribution in [0.4, 0.5) is 0 Å². The van der Waals surface area contributed by atoms with Crippen molar-refractivity contribution in [3.8, 4) is 5.75 Å². The maximum Gasteiger partial charge on any atom is 0.224 e. The Balaban J connectivity index is 1.59. The topological polar surface area (TPSA) is 134 Å². The molecule has 1 amide bonds. The SMILES string of the molecule is CS[C@H]1O[C@@H](c2ccc(C)c(Cc3ccc(OCCNCC(C)(C)C(N)=O)cc3)c2)[C@H](O)[C@@H](O)[C@@H]1O. The van der Waals surface area contributed by atoms with Crippen LogP contribution in [0.2, 0.25) is 0 Å². The van der Waals surface area contributed by atoms with Crippen LogP contribution in [0.3, 0.4) is 0 Å². The van der Waals surface area contributed by atoms with Crippen molar-refractivity contribution in [2.45, 2.75) is 57.0 Å². The van der Waals surface area contributed by atoms with Crippen molar-refractivity contribution >= 4 is 17.7 Å². The highest BCUT2D eigenvalue weighted by Gasteiger charge is 2.44. The summed E-state index contributed by atoms with van der Waals surface area (Å²) in [6.07, 6.45) is -1.88. The van der Waals surface area contributed by atoms with E-state index in [1.807, 2.05) is 49.4 Å². The second kappa shape index (κ2) is 12.4. The number of aliphatic hydroxyl groups excluding tert-OH is 3. The molecule has 0 aromatic heterocycles. The molecule has 2 aromatic carbocycles. The van der Waals surface area contributed by atoms with E-state index in [4.69, 9.17) is 15.2 Å². The molecule has 0 bridgehead atoms. The van der Waals surface area contributed by atoms with E-state index in [0.29, 0.717) is 26.1 Å². The Kier molecular flexibility index (Phi) is 9.79. The number of hydrogen-bond acceptors (Lipinski definition) is 8. The zero-order valence-electron chi connectivity index (χ0n) is 21.3. The van der Waals surface area contributed by atoms with Gasteiger partial charge in [-0.1, -0.05) is 30.3 Å². The van der Waals surface area contributed by atoms with E-state index in [1.54, 1.807) is 20.1 Å². The lowest BCUT2D eigenvalue weighted by molar-refractivity contribution is -0.200. The van der Waals surface area contributed by atoms with Crippen LogP contribution < -0.4 is 15.8 Å². The summed E-state index contributed by atoms with van der Waals surface area (Å²) in [6.45, 7) is 7.20. The van der Waals surface area contributed by atoms with Crippen molar-refractivity contribution in [3.63, 3.8) is 0 Å². The fourth-order valence-corrected chi connectivity index (χ4v) is 4.70. The lowest BCUT2D eigenvalue weighted by Crippen LogP contribution is -2.52. The minimum Gasteiger partial charge on any atom is -0.492 e. The molecule has 0 unspecified atom stereocenters. The zero-order valence-corrected chi connectivity index (χ0v) is 22.1. The number of primary amides is 1. The maximum atomic E-state index is 11.4. The number of aryl methyl sites for hydroxylation is 1. The average Bonchev–Trinajstić information content (AvgIpc) is 2.85. The molecule has 0 spiro atoms. The molecule has 1 aliphatic rings. The van der Waals surface area contributed by atoms with Crippen molar-refractivity contribution in [2.75, 3.05) is 26.0 Å². The van der Waals surface area contributed by atoms with E-state index in [0.717, 1.165) is 28.0 Å². The van der Waals surface area contributed by atoms with Gasteiger partial charge in [-0.25, -0.2) is 0 Å². The van der Waals surface area contributed by atoms with Crippen molar-refractivity contribution in [1.29, 1.82) is 0 Å². The Morgan fingerprint density at radius 1 is 1.11 bits per heavy atom. The minimum atomic E-state index is -1.27. The number of hydrogen-bond donors (Lipinski definition) is 5. The molecule has 9 heteroatoms. The third kappa shape index (κ3) is 7.00. The number of nitrogens with one attached hydrogen (secondary N) is 1. The molecule has 8 nitrogen and oxygen atoms in total. The highest BCUT2D eigenvalue weighted by atomic mass is 32.2. The van der Waals surface area contributed by atoms with Crippen molar-refractivity contribution < 1.29 is 29.6 Å². The van der Waals surface area contributed by atoms with Gasteiger partial charge in [-0.2, -0.15) is 0 Å². The lowest BCUT2D eigenvalue weighted by atomic mass is 9.91. The summed E-state index contributed by atoms with van der Waals surface area (Å²) in [4.78, 5) is 11.4. The van der Waals surface area contributed by atoms with Crippen molar-refractivity contribution in [1.82, 2.24) is 5.32 Å². The van der Waals surface area contributed by atoms with Crippen LogP contribution in [0.15, 0.2) is 42.5 Å². The van der Waals surface area contributed by atoms with E-state index in [-0.39, 0.29) is 5.91 Å². The van der Waals surface area contributed by atoms with Gasteiger partial charge in [0.1, 0.15) is 42.2 Å². The third-order valence-electron chi connectivity index (χ3n) is 6.60. The summed E-state index contributed by atoms with van der Waals surface area (Å²) in [7, 11) is 0. The van der Waals surface area contributed by atoms with Crippen molar-refractivity contribution in [2.24, 2.45) is 11.1 Å². The summed E-state index contributed by atoms with van der Waals surface area (Å²) < 4.78 is 11.7. The summed E-state index contributed by atoms with van der Waals surface area (Å²) >= 11 is 1.30. The lowest BCUT2D eigenvalue weighted by Gasteiger charge is -2.40. The third-order valence-corrected chi connectivity index (χ3v) is 7.46. The standard InChI is InChI=1S/C27H38N2O6S/c1-16-5-8-18(24-22(31)21(30)23(32)25(35-24)36-4)14-19(16)13-17-6-9-20(10-7-17)34-12-11-29-15-27(2,3)26(28)33/h5-10,14,21-25,29-32H,11-13,15H2,1-4H3,(H2,28,33)/t21-,22-,23+,24+,25-/m1/s1. The predicted molar refractivity (Wildman–Crippen MR) is 141 cm³/mol. The highest BCUT2D eigenvalue weighted by molar-refractivity contribution is 7.99. The molecule has 6 N–H and O–H groups in total. The van der Waals surface area contributed by atoms with E-state index in [1.165, 1.54) is 11.8 Å². The van der Waals surface area contributed by atoms with Crippen LogP contribution in [-0.2, 0) is 16.0 Å². The fraction of sp³-hybridized carbons (Fsp3) is 0.519. The second-order valence-corrected chi connectivity index (χ2v) is 10.8. The molecular formula is C27H38N2O6S. The highest BCUT2D eigenvalue weighted by Crippen LogP contribution is 2.36. The number of ether oxygens (including phenoxy) is 2. The number of carbonyl (C=O) groups is 1. The van der Waals surface area contributed by atoms with Gasteiger partial charge in [-0.15, -0.1) is 11.8 Å². The van der Waals surface area contributed by atoms with Crippen LogP contribution in [-0.4, -0.2) is 70.9 Å². The molecule has 36 heavy (non-hydrogen) atoms. The molecule has 1 heterocycles. The molecule has 1 aliphatic heterocycles. The Morgan fingerprint density at radius 2 is 1.81 bits per heavy atom. The molecule has 1 saturated heterocycles. The molecule has 1 fully saturated rings. The van der Waals surface area contributed by atoms with Gasteiger partial charge < -0.3 is 35.8 Å². The van der Waals surface area contributed by atoms with E-state index in [9.17, 15) is 20.1 Å². The summed E-state index contributed by atoms with van der Waals surface area (Å²) in [5.41, 5.74) is 8.22. The predicted octanol–water partition coefficient (Wildman–Crippen LogP) is 1.91. The zero-order chi connectivity index (χ0) is 26.5. The number of rotatable bonds is 11. The first kappa shape index (κ1) is 28.4. The average molecular weight is 519 g/mol. The van der Waals surface area contributed by atoms with E-state index < -0.39 is 35.3 Å². The van der Waals surface area contributed by atoms with Crippen molar-refractivity contribution in [3.05, 3.63) is 64.7 Å². The first-order valence-corrected chi connectivity index (χ1v) is 13.4. The molecule has 5 atom stereocenters. The fourth-order valence-electron chi connectivity index (χ4n) is 4.03. The minimum absolute atomic E-state index is 0.338. The smallest absolute Gasteiger partial charge is 0.224 e. The number of thioether (sulfide) groups is 1. The molecule has 0 aliphatic carbocycles. The first-order valence-electron chi connectivity index (χ1n) is 12.1. The van der Waals surface area contributed by atoms with Gasteiger partial charge >= 0.3 is 0 Å². The van der Waals surface area contributed by atoms with Gasteiger partial charge in [0.25, 0.3) is 0 Å². The van der Waals surface area contributed by atoms with Gasteiger partial charge in [-0.3, -0.25) is 4.79 Å². The van der Waals surface area contributed by atoms with E-state index >= 15 is 0 Å². The Labute approximate surface area is 217 Å². The summed E-state index contributed by atoms with van der Waals surface area (Å²) in [5, 5.41) is 34.2. The second-order valence-electron chi connectivity index (χ2n) is 9.91. The number of aliphatic hydroxyl groups is 3. The normalized spacial score (nSPS) is 24.5. The number of benzene rings is 2. The first-order chi connectivity index (χ1) is 17.0. The monoisotopic (exact) mass is 518 g/mol. The molecular weight excluding hydrogens is 480 g/mol. The van der Waals surface area contributed by atoms with Crippen LogP contribution in [0.25, 0.3) is 0 Å². The molecule has 2 aromatic rings. The van der Waals surface area contributed by atoms with Crippen LogP contribution in [0.1, 0.15) is 42.2 Å². The van der Waals surface area contributed by atoms with Crippen LogP contribution >= 0.6 is 11.8 Å². The number of carbonyl (C=O) groups excluding carboxylic acids is 1. The summed E-state index contributed by atoms with van der Waals surface area (Å²) in [5.74, 6) is 0.421. The Bertz CT molecular complexity index is 1010. The largest absolute Gasteiger partial charge is 0.492 e. The molecule has 0 saturated carbocycles. The Morgan fingerprint density at radius 3 is 2.44 bits per heavy atom. The van der Waals surface area contributed by atoms with Crippen LogP contribution in [0, 0.1) is 12.3 Å². The maximum absolute atomic E-state index is 11.4. The van der Waals surface area contributed by atoms with Gasteiger partial charge in [0.15, 0.2) is 0 Å². The molecule has 198 valence electrons.